The lowest BCUT2D eigenvalue weighted by atomic mass is 9.72. The van der Waals surface area contributed by atoms with Crippen LogP contribution in [0.25, 0.3) is 0 Å². The molecule has 7 nitrogen and oxygen atoms in total. The van der Waals surface area contributed by atoms with Crippen molar-refractivity contribution in [2.24, 2.45) is 22.0 Å². The van der Waals surface area contributed by atoms with Gasteiger partial charge in [0.25, 0.3) is 11.8 Å². The number of amides is 2. The first kappa shape index (κ1) is 25.0. The average Bonchev–Trinajstić information content (AvgIpc) is 3.35. The monoisotopic (exact) mass is 534 g/mol. The average molecular weight is 535 g/mol. The SMILES string of the molecule is COc1c(Cl)cc(Cl)cc1C([C@@H]1C(=O)N(c2ccccc2)N=C1C)[C@H]1C(=O)N(c2ccccc2)N=C1C. The molecule has 3 aromatic rings. The molecule has 0 spiro atoms. The molecule has 2 amide bonds. The molecule has 0 aromatic heterocycles. The number of anilines is 2. The molecule has 0 fully saturated rings. The van der Waals surface area contributed by atoms with Crippen LogP contribution in [-0.2, 0) is 9.59 Å². The molecule has 2 aliphatic heterocycles. The van der Waals surface area contributed by atoms with E-state index in [1.54, 1.807) is 26.0 Å². The Hall–Kier alpha value is -3.68. The van der Waals surface area contributed by atoms with Gasteiger partial charge in [-0.25, -0.2) is 10.0 Å². The van der Waals surface area contributed by atoms with Crippen LogP contribution in [0.15, 0.2) is 83.0 Å². The molecule has 1 unspecified atom stereocenters. The highest BCUT2D eigenvalue weighted by Crippen LogP contribution is 2.47. The van der Waals surface area contributed by atoms with Crippen LogP contribution in [0.4, 0.5) is 11.4 Å². The summed E-state index contributed by atoms with van der Waals surface area (Å²) in [6.07, 6.45) is 0. The number of carbonyl (C=O) groups is 2. The summed E-state index contributed by atoms with van der Waals surface area (Å²) in [5.74, 6) is -2.44. The fraction of sp³-hybridized carbons (Fsp3) is 0.214. The van der Waals surface area contributed by atoms with Gasteiger partial charge in [0, 0.05) is 27.9 Å². The molecule has 37 heavy (non-hydrogen) atoms. The van der Waals surface area contributed by atoms with Crippen LogP contribution in [0.2, 0.25) is 10.0 Å². The molecule has 188 valence electrons. The van der Waals surface area contributed by atoms with Gasteiger partial charge in [0.1, 0.15) is 5.75 Å². The highest BCUT2D eigenvalue weighted by Gasteiger charge is 2.51. The standard InChI is InChI=1S/C28H24Cl2N4O3/c1-16-23(27(35)33(31-16)19-10-6-4-7-11-19)25(21-14-18(29)15-22(30)26(21)37-3)24-17(2)32-34(28(24)36)20-12-8-5-9-13-20/h4-15,23-25H,1-3H3/t23-,24+,25?. The van der Waals surface area contributed by atoms with Gasteiger partial charge in [0.05, 0.1) is 35.3 Å². The molecule has 0 aliphatic carbocycles. The summed E-state index contributed by atoms with van der Waals surface area (Å²) < 4.78 is 5.68. The Kier molecular flexibility index (Phi) is 6.75. The number of carbonyl (C=O) groups excluding carboxylic acids is 2. The van der Waals surface area contributed by atoms with Crippen LogP contribution in [0.5, 0.6) is 5.75 Å². The fourth-order valence-corrected chi connectivity index (χ4v) is 5.68. The van der Waals surface area contributed by atoms with E-state index in [-0.39, 0.29) is 16.8 Å². The Labute approximate surface area is 224 Å². The number of hydrogen-bond donors (Lipinski definition) is 0. The molecule has 3 aromatic carbocycles. The predicted molar refractivity (Wildman–Crippen MR) is 147 cm³/mol. The summed E-state index contributed by atoms with van der Waals surface area (Å²) in [5, 5.41) is 12.6. The van der Waals surface area contributed by atoms with Crippen molar-refractivity contribution in [2.75, 3.05) is 17.1 Å². The minimum Gasteiger partial charge on any atom is -0.495 e. The second-order valence-corrected chi connectivity index (χ2v) is 9.79. The lowest BCUT2D eigenvalue weighted by Crippen LogP contribution is -2.40. The third kappa shape index (κ3) is 4.38. The number of para-hydroxylation sites is 2. The zero-order valence-corrected chi connectivity index (χ0v) is 21.9. The molecule has 2 aliphatic rings. The van der Waals surface area contributed by atoms with E-state index in [1.807, 2.05) is 60.7 Å². The van der Waals surface area contributed by atoms with Crippen molar-refractivity contribution < 1.29 is 14.3 Å². The van der Waals surface area contributed by atoms with Crippen molar-refractivity contribution >= 4 is 57.8 Å². The summed E-state index contributed by atoms with van der Waals surface area (Å²) in [4.78, 5) is 27.9. The second-order valence-electron chi connectivity index (χ2n) is 8.95. The first-order chi connectivity index (χ1) is 17.8. The van der Waals surface area contributed by atoms with E-state index in [2.05, 4.69) is 10.2 Å². The van der Waals surface area contributed by atoms with Crippen molar-refractivity contribution in [3.63, 3.8) is 0 Å². The molecule has 0 radical (unpaired) electrons. The maximum Gasteiger partial charge on any atom is 0.256 e. The van der Waals surface area contributed by atoms with Crippen molar-refractivity contribution in [1.82, 2.24) is 0 Å². The van der Waals surface area contributed by atoms with E-state index in [9.17, 15) is 9.59 Å². The Balaban J connectivity index is 1.66. The van der Waals surface area contributed by atoms with Crippen LogP contribution < -0.4 is 14.8 Å². The van der Waals surface area contributed by atoms with Crippen LogP contribution in [0.1, 0.15) is 25.3 Å². The Morgan fingerprint density at radius 2 is 1.24 bits per heavy atom. The first-order valence-electron chi connectivity index (χ1n) is 11.7. The van der Waals surface area contributed by atoms with E-state index in [4.69, 9.17) is 27.9 Å². The minimum atomic E-state index is -0.779. The second kappa shape index (κ2) is 10.00. The molecular weight excluding hydrogens is 511 g/mol. The van der Waals surface area contributed by atoms with Crippen molar-refractivity contribution in [3.8, 4) is 5.75 Å². The van der Waals surface area contributed by atoms with E-state index in [1.165, 1.54) is 17.1 Å². The zero-order valence-electron chi connectivity index (χ0n) is 20.4. The highest BCUT2D eigenvalue weighted by atomic mass is 35.5. The lowest BCUT2D eigenvalue weighted by Gasteiger charge is -2.30. The van der Waals surface area contributed by atoms with Gasteiger partial charge in [0.2, 0.25) is 0 Å². The van der Waals surface area contributed by atoms with Gasteiger partial charge in [-0.2, -0.15) is 10.2 Å². The number of hydrogen-bond acceptors (Lipinski definition) is 5. The van der Waals surface area contributed by atoms with Gasteiger partial charge in [-0.15, -0.1) is 0 Å². The normalized spacial score (nSPS) is 20.2. The number of nitrogens with zero attached hydrogens (tertiary/aromatic N) is 4. The van der Waals surface area contributed by atoms with Crippen molar-refractivity contribution in [2.45, 2.75) is 19.8 Å². The van der Waals surface area contributed by atoms with E-state index >= 15 is 0 Å². The molecular formula is C28H24Cl2N4O3. The summed E-state index contributed by atoms with van der Waals surface area (Å²) in [5.41, 5.74) is 2.95. The third-order valence-corrected chi connectivity index (χ3v) is 7.18. The van der Waals surface area contributed by atoms with Crippen molar-refractivity contribution in [3.05, 3.63) is 88.4 Å². The number of benzene rings is 3. The van der Waals surface area contributed by atoms with Gasteiger partial charge in [-0.3, -0.25) is 9.59 Å². The largest absolute Gasteiger partial charge is 0.495 e. The Bertz CT molecular complexity index is 1350. The molecule has 3 atom stereocenters. The highest BCUT2D eigenvalue weighted by molar-refractivity contribution is 6.36. The van der Waals surface area contributed by atoms with Gasteiger partial charge < -0.3 is 4.74 Å². The summed E-state index contributed by atoms with van der Waals surface area (Å²) in [7, 11) is 1.50. The molecule has 0 bridgehead atoms. The van der Waals surface area contributed by atoms with E-state index in [0.717, 1.165) is 0 Å². The quantitative estimate of drug-likeness (QED) is 0.379. The van der Waals surface area contributed by atoms with Gasteiger partial charge >= 0.3 is 0 Å². The molecule has 0 saturated carbocycles. The molecule has 9 heteroatoms. The van der Waals surface area contributed by atoms with Crippen molar-refractivity contribution in [1.29, 1.82) is 0 Å². The van der Waals surface area contributed by atoms with Crippen LogP contribution in [0.3, 0.4) is 0 Å². The number of halogens is 2. The lowest BCUT2D eigenvalue weighted by molar-refractivity contribution is -0.122. The van der Waals surface area contributed by atoms with Crippen LogP contribution in [-0.4, -0.2) is 30.3 Å². The number of ether oxygens (including phenoxy) is 1. The molecule has 0 N–H and O–H groups in total. The number of hydrazone groups is 2. The smallest absolute Gasteiger partial charge is 0.256 e. The molecule has 0 saturated heterocycles. The minimum absolute atomic E-state index is 0.259. The Morgan fingerprint density at radius 3 is 1.68 bits per heavy atom. The maximum atomic E-state index is 14.0. The summed E-state index contributed by atoms with van der Waals surface area (Å²) in [6.45, 7) is 3.58. The number of methoxy groups -OCH3 is 1. The first-order valence-corrected chi connectivity index (χ1v) is 12.5. The summed E-state index contributed by atoms with van der Waals surface area (Å²) in [6, 6.07) is 21.6. The maximum absolute atomic E-state index is 14.0. The fourth-order valence-electron chi connectivity index (χ4n) is 5.09. The van der Waals surface area contributed by atoms with Crippen LogP contribution >= 0.6 is 23.2 Å². The molecule has 5 rings (SSSR count). The van der Waals surface area contributed by atoms with Gasteiger partial charge in [-0.05, 0) is 50.2 Å². The topological polar surface area (TPSA) is 74.6 Å². The number of rotatable bonds is 6. The summed E-state index contributed by atoms with van der Waals surface area (Å²) >= 11 is 13.0. The van der Waals surface area contributed by atoms with E-state index < -0.39 is 17.8 Å². The van der Waals surface area contributed by atoms with E-state index in [0.29, 0.717) is 39.1 Å². The van der Waals surface area contributed by atoms with Crippen LogP contribution in [0, 0.1) is 11.8 Å². The molecule has 2 heterocycles. The van der Waals surface area contributed by atoms with Gasteiger partial charge in [0.15, 0.2) is 0 Å². The third-order valence-electron chi connectivity index (χ3n) is 6.69. The zero-order chi connectivity index (χ0) is 26.3. The Morgan fingerprint density at radius 1 is 0.784 bits per heavy atom. The predicted octanol–water partition coefficient (Wildman–Crippen LogP) is 6.16. The van der Waals surface area contributed by atoms with Gasteiger partial charge in [-0.1, -0.05) is 59.6 Å².